The Balaban J connectivity index is 1.74. The van der Waals surface area contributed by atoms with Crippen LogP contribution in [0.3, 0.4) is 0 Å². The van der Waals surface area contributed by atoms with Gasteiger partial charge < -0.3 is 10.1 Å². The maximum Gasteiger partial charge on any atom is 0.137 e. The average Bonchev–Trinajstić information content (AvgIpc) is 2.94. The number of hydrogen-bond acceptors (Lipinski definition) is 3. The number of fused-ring (bicyclic) bond motifs is 1. The van der Waals surface area contributed by atoms with Crippen LogP contribution in [-0.4, -0.2) is 24.5 Å². The number of hydrogen-bond donors (Lipinski definition) is 1. The Bertz CT molecular complexity index is 448. The third kappa shape index (κ3) is 2.81. The Morgan fingerprint density at radius 1 is 1.42 bits per heavy atom. The van der Waals surface area contributed by atoms with Crippen LogP contribution in [-0.2, 0) is 4.74 Å². The summed E-state index contributed by atoms with van der Waals surface area (Å²) in [5.74, 6) is 0.892. The normalized spacial score (nSPS) is 28.1. The Kier molecular flexibility index (Phi) is 4.10. The van der Waals surface area contributed by atoms with Gasteiger partial charge in [0.2, 0.25) is 0 Å². The monoisotopic (exact) mass is 281 g/mol. The van der Waals surface area contributed by atoms with Crippen molar-refractivity contribution < 1.29 is 9.13 Å². The van der Waals surface area contributed by atoms with E-state index in [9.17, 15) is 4.39 Å². The highest BCUT2D eigenvalue weighted by Crippen LogP contribution is 2.38. The molecule has 4 heteroatoms. The molecule has 3 atom stereocenters. The van der Waals surface area contributed by atoms with Gasteiger partial charge in [-0.1, -0.05) is 12.1 Å². The van der Waals surface area contributed by atoms with Crippen LogP contribution in [0.5, 0.6) is 0 Å². The molecule has 2 aliphatic heterocycles. The van der Waals surface area contributed by atoms with Crippen LogP contribution < -0.4 is 5.32 Å². The molecule has 0 bridgehead atoms. The molecule has 3 unspecified atom stereocenters. The van der Waals surface area contributed by atoms with Gasteiger partial charge in [0.15, 0.2) is 0 Å². The van der Waals surface area contributed by atoms with Gasteiger partial charge in [0.25, 0.3) is 0 Å². The third-order valence-electron chi connectivity index (χ3n) is 4.01. The van der Waals surface area contributed by atoms with Crippen LogP contribution >= 0.6 is 11.8 Å². The van der Waals surface area contributed by atoms with Crippen LogP contribution in [0.25, 0.3) is 0 Å². The molecule has 3 rings (SSSR count). The van der Waals surface area contributed by atoms with E-state index in [1.54, 1.807) is 17.8 Å². The molecule has 2 aliphatic rings. The number of rotatable bonds is 3. The predicted octanol–water partition coefficient (Wildman–Crippen LogP) is 3.52. The van der Waals surface area contributed by atoms with Gasteiger partial charge in [-0.3, -0.25) is 0 Å². The molecule has 2 heterocycles. The summed E-state index contributed by atoms with van der Waals surface area (Å²) < 4.78 is 19.5. The van der Waals surface area contributed by atoms with Crippen molar-refractivity contribution in [3.8, 4) is 0 Å². The first-order valence-corrected chi connectivity index (χ1v) is 8.03. The first-order chi connectivity index (χ1) is 9.25. The smallest absolute Gasteiger partial charge is 0.137 e. The zero-order chi connectivity index (χ0) is 13.2. The van der Waals surface area contributed by atoms with E-state index in [0.29, 0.717) is 12.1 Å². The van der Waals surface area contributed by atoms with Crippen LogP contribution in [0.15, 0.2) is 23.1 Å². The molecule has 1 aromatic carbocycles. The lowest BCUT2D eigenvalue weighted by molar-refractivity contribution is 0.0792. The second kappa shape index (κ2) is 5.81. The highest BCUT2D eigenvalue weighted by Gasteiger charge is 2.28. The quantitative estimate of drug-likeness (QED) is 0.916. The summed E-state index contributed by atoms with van der Waals surface area (Å²) in [6.45, 7) is 3.05. The first-order valence-electron chi connectivity index (χ1n) is 7.04. The minimum absolute atomic E-state index is 0.0845. The Hall–Kier alpha value is -0.580. The van der Waals surface area contributed by atoms with Gasteiger partial charge in [0, 0.05) is 23.6 Å². The number of benzene rings is 1. The fourth-order valence-electron chi connectivity index (χ4n) is 2.98. The topological polar surface area (TPSA) is 21.3 Å². The maximum absolute atomic E-state index is 13.8. The fraction of sp³-hybridized carbons (Fsp3) is 0.600. The lowest BCUT2D eigenvalue weighted by Gasteiger charge is -2.31. The molecule has 0 saturated carbocycles. The van der Waals surface area contributed by atoms with Crippen molar-refractivity contribution in [1.82, 2.24) is 5.32 Å². The molecule has 0 aromatic heterocycles. The molecule has 2 nitrogen and oxygen atoms in total. The summed E-state index contributed by atoms with van der Waals surface area (Å²) >= 11 is 1.63. The molecule has 1 fully saturated rings. The largest absolute Gasteiger partial charge is 0.377 e. The number of nitrogens with one attached hydrogen (secondary N) is 1. The van der Waals surface area contributed by atoms with Gasteiger partial charge in [0.05, 0.1) is 6.10 Å². The van der Waals surface area contributed by atoms with Crippen molar-refractivity contribution in [2.24, 2.45) is 0 Å². The fourth-order valence-corrected chi connectivity index (χ4v) is 4.12. The molecular weight excluding hydrogens is 261 g/mol. The molecule has 0 aliphatic carbocycles. The van der Waals surface area contributed by atoms with Crippen LogP contribution in [0.1, 0.15) is 37.8 Å². The Labute approximate surface area is 118 Å². The molecule has 1 aromatic rings. The lowest BCUT2D eigenvalue weighted by Crippen LogP contribution is -2.40. The van der Waals surface area contributed by atoms with Gasteiger partial charge in [-0.15, -0.1) is 11.8 Å². The molecule has 0 radical (unpaired) electrons. The van der Waals surface area contributed by atoms with Crippen molar-refractivity contribution in [2.45, 2.75) is 49.3 Å². The summed E-state index contributed by atoms with van der Waals surface area (Å²) in [6, 6.07) is 5.99. The highest BCUT2D eigenvalue weighted by molar-refractivity contribution is 7.99. The van der Waals surface area contributed by atoms with Crippen molar-refractivity contribution in [1.29, 1.82) is 0 Å². The van der Waals surface area contributed by atoms with Gasteiger partial charge in [-0.25, -0.2) is 4.39 Å². The second-order valence-electron chi connectivity index (χ2n) is 5.35. The number of thioether (sulfide) groups is 1. The van der Waals surface area contributed by atoms with Gasteiger partial charge in [-0.05, 0) is 43.6 Å². The minimum Gasteiger partial charge on any atom is -0.377 e. The van der Waals surface area contributed by atoms with E-state index in [1.165, 1.54) is 0 Å². The van der Waals surface area contributed by atoms with E-state index in [-0.39, 0.29) is 11.9 Å². The second-order valence-corrected chi connectivity index (χ2v) is 6.46. The van der Waals surface area contributed by atoms with E-state index >= 15 is 0 Å². The highest BCUT2D eigenvalue weighted by atomic mass is 32.2. The first kappa shape index (κ1) is 13.4. The molecular formula is C15H20FNOS. The van der Waals surface area contributed by atoms with Crippen molar-refractivity contribution >= 4 is 11.8 Å². The van der Waals surface area contributed by atoms with Crippen LogP contribution in [0, 0.1) is 5.82 Å². The summed E-state index contributed by atoms with van der Waals surface area (Å²) in [6.07, 6.45) is 3.65. The molecule has 1 saturated heterocycles. The SMILES string of the molecule is CC(NC1CCSc2c(F)cccc21)C1CCCO1. The standard InChI is InChI=1S/C15H20FNOS/c1-10(14-6-3-8-18-14)17-13-7-9-19-15-11(13)4-2-5-12(15)16/h2,4-5,10,13-14,17H,3,6-9H2,1H3. The predicted molar refractivity (Wildman–Crippen MR) is 76.1 cm³/mol. The van der Waals surface area contributed by atoms with Gasteiger partial charge in [0.1, 0.15) is 5.82 Å². The minimum atomic E-state index is -0.0845. The molecule has 1 N–H and O–H groups in total. The molecule has 104 valence electrons. The third-order valence-corrected chi connectivity index (χ3v) is 5.17. The van der Waals surface area contributed by atoms with E-state index < -0.39 is 0 Å². The summed E-state index contributed by atoms with van der Waals surface area (Å²) in [5.41, 5.74) is 1.11. The van der Waals surface area contributed by atoms with Crippen molar-refractivity contribution in [3.63, 3.8) is 0 Å². The van der Waals surface area contributed by atoms with Crippen molar-refractivity contribution in [2.75, 3.05) is 12.4 Å². The summed E-state index contributed by atoms with van der Waals surface area (Å²) in [4.78, 5) is 0.825. The number of halogens is 1. The summed E-state index contributed by atoms with van der Waals surface area (Å²) in [5, 5.41) is 3.64. The molecule has 19 heavy (non-hydrogen) atoms. The Morgan fingerprint density at radius 2 is 2.32 bits per heavy atom. The average molecular weight is 281 g/mol. The van der Waals surface area contributed by atoms with E-state index in [4.69, 9.17) is 4.74 Å². The van der Waals surface area contributed by atoms with Gasteiger partial charge >= 0.3 is 0 Å². The summed E-state index contributed by atoms with van der Waals surface area (Å²) in [7, 11) is 0. The van der Waals surface area contributed by atoms with Crippen LogP contribution in [0.2, 0.25) is 0 Å². The zero-order valence-corrected chi connectivity index (χ0v) is 12.0. The van der Waals surface area contributed by atoms with Crippen LogP contribution in [0.4, 0.5) is 4.39 Å². The van der Waals surface area contributed by atoms with Gasteiger partial charge in [-0.2, -0.15) is 0 Å². The van der Waals surface area contributed by atoms with E-state index in [2.05, 4.69) is 12.2 Å². The lowest BCUT2D eigenvalue weighted by atomic mass is 10.0. The zero-order valence-electron chi connectivity index (χ0n) is 11.2. The molecule has 0 amide bonds. The number of ether oxygens (including phenoxy) is 1. The molecule has 0 spiro atoms. The van der Waals surface area contributed by atoms with Crippen molar-refractivity contribution in [3.05, 3.63) is 29.6 Å². The maximum atomic E-state index is 13.8. The Morgan fingerprint density at radius 3 is 3.11 bits per heavy atom. The van der Waals surface area contributed by atoms with E-state index in [1.807, 2.05) is 12.1 Å². The van der Waals surface area contributed by atoms with E-state index in [0.717, 1.165) is 42.1 Å².